The zero-order valence-electron chi connectivity index (χ0n) is 11.9. The third-order valence-electron chi connectivity index (χ3n) is 6.13. The molecule has 20 heavy (non-hydrogen) atoms. The molecular weight excluding hydrogens is 268 g/mol. The molecule has 1 N–H and O–H groups in total. The fraction of sp³-hybridized carbons (Fsp3) is 0.667. The Labute approximate surface area is 126 Å². The van der Waals surface area contributed by atoms with Gasteiger partial charge in [0.25, 0.3) is 0 Å². The van der Waals surface area contributed by atoms with Gasteiger partial charge < -0.3 is 5.11 Å². The Morgan fingerprint density at radius 3 is 2.00 bits per heavy atom. The lowest BCUT2D eigenvalue weighted by atomic mass is 9.48. The van der Waals surface area contributed by atoms with Gasteiger partial charge >= 0.3 is 0 Å². The van der Waals surface area contributed by atoms with Crippen molar-refractivity contribution in [3.8, 4) is 0 Å². The van der Waals surface area contributed by atoms with Crippen LogP contribution in [0.15, 0.2) is 24.3 Å². The number of hydrogen-bond acceptors (Lipinski definition) is 1. The van der Waals surface area contributed by atoms with Gasteiger partial charge in [0, 0.05) is 5.02 Å². The van der Waals surface area contributed by atoms with E-state index in [1.807, 2.05) is 12.1 Å². The Balaban J connectivity index is 1.53. The van der Waals surface area contributed by atoms with Crippen molar-refractivity contribution in [3.05, 3.63) is 34.9 Å². The predicted octanol–water partition coefficient (Wildman–Crippen LogP) is 4.46. The summed E-state index contributed by atoms with van der Waals surface area (Å²) in [5.74, 6) is 2.71. The standard InChI is InChI=1S/C18H23ClO/c19-16-3-1-12(2-4-16)8-17(20)18-9-13-5-14(10-18)7-15(6-13)11-18/h1-4,13-15,17,20H,5-11H2. The van der Waals surface area contributed by atoms with Crippen LogP contribution < -0.4 is 0 Å². The first-order chi connectivity index (χ1) is 9.63. The Morgan fingerprint density at radius 2 is 1.50 bits per heavy atom. The molecule has 0 amide bonds. The summed E-state index contributed by atoms with van der Waals surface area (Å²) in [6, 6.07) is 7.99. The molecule has 4 aliphatic rings. The molecule has 1 atom stereocenters. The van der Waals surface area contributed by atoms with Gasteiger partial charge in [0.15, 0.2) is 0 Å². The Kier molecular flexibility index (Phi) is 3.12. The second kappa shape index (κ2) is 4.74. The average Bonchev–Trinajstić information content (AvgIpc) is 2.40. The molecular formula is C18H23ClO. The van der Waals surface area contributed by atoms with Crippen molar-refractivity contribution in [2.45, 2.75) is 51.0 Å². The largest absolute Gasteiger partial charge is 0.392 e. The van der Waals surface area contributed by atoms with Crippen LogP contribution in [0.25, 0.3) is 0 Å². The molecule has 1 aromatic rings. The molecule has 0 saturated heterocycles. The summed E-state index contributed by atoms with van der Waals surface area (Å²) < 4.78 is 0. The zero-order chi connectivity index (χ0) is 13.7. The van der Waals surface area contributed by atoms with Crippen molar-refractivity contribution in [3.63, 3.8) is 0 Å². The third-order valence-corrected chi connectivity index (χ3v) is 6.39. The fourth-order valence-electron chi connectivity index (χ4n) is 5.65. The highest BCUT2D eigenvalue weighted by molar-refractivity contribution is 6.30. The molecule has 0 aromatic heterocycles. The highest BCUT2D eigenvalue weighted by Crippen LogP contribution is 2.61. The zero-order valence-corrected chi connectivity index (χ0v) is 12.6. The number of aliphatic hydroxyl groups excluding tert-OH is 1. The Bertz CT molecular complexity index is 457. The van der Waals surface area contributed by atoms with Crippen molar-refractivity contribution in [2.75, 3.05) is 0 Å². The lowest BCUT2D eigenvalue weighted by molar-refractivity contribution is -0.119. The van der Waals surface area contributed by atoms with Crippen molar-refractivity contribution in [1.82, 2.24) is 0 Å². The molecule has 5 rings (SSSR count). The van der Waals surface area contributed by atoms with E-state index in [4.69, 9.17) is 11.6 Å². The van der Waals surface area contributed by atoms with Crippen molar-refractivity contribution < 1.29 is 5.11 Å². The van der Waals surface area contributed by atoms with Gasteiger partial charge in [-0.15, -0.1) is 0 Å². The number of rotatable bonds is 3. The molecule has 1 nitrogen and oxygen atoms in total. The SMILES string of the molecule is OC(Cc1ccc(Cl)cc1)C12CC3CC(CC(C3)C1)C2. The van der Waals surface area contributed by atoms with Crippen LogP contribution in [0.2, 0.25) is 5.02 Å². The van der Waals surface area contributed by atoms with E-state index < -0.39 is 0 Å². The normalized spacial score (nSPS) is 40.0. The van der Waals surface area contributed by atoms with E-state index in [2.05, 4.69) is 12.1 Å². The van der Waals surface area contributed by atoms with E-state index in [9.17, 15) is 5.11 Å². The average molecular weight is 291 g/mol. The summed E-state index contributed by atoms with van der Waals surface area (Å²) in [5, 5.41) is 11.7. The van der Waals surface area contributed by atoms with E-state index in [-0.39, 0.29) is 11.5 Å². The van der Waals surface area contributed by atoms with Crippen molar-refractivity contribution in [2.24, 2.45) is 23.2 Å². The highest BCUT2D eigenvalue weighted by atomic mass is 35.5. The van der Waals surface area contributed by atoms with E-state index in [1.54, 1.807) is 0 Å². The second-order valence-electron chi connectivity index (χ2n) is 7.63. The smallest absolute Gasteiger partial charge is 0.0637 e. The fourth-order valence-corrected chi connectivity index (χ4v) is 5.77. The van der Waals surface area contributed by atoms with E-state index >= 15 is 0 Å². The van der Waals surface area contributed by atoms with Gasteiger partial charge in [0.1, 0.15) is 0 Å². The van der Waals surface area contributed by atoms with Gasteiger partial charge in [-0.25, -0.2) is 0 Å². The summed E-state index contributed by atoms with van der Waals surface area (Å²) in [6.07, 6.45) is 8.75. The number of hydrogen-bond donors (Lipinski definition) is 1. The van der Waals surface area contributed by atoms with E-state index in [1.165, 1.54) is 44.1 Å². The summed E-state index contributed by atoms with van der Waals surface area (Å²) in [4.78, 5) is 0. The third kappa shape index (κ3) is 2.19. The summed E-state index contributed by atoms with van der Waals surface area (Å²) in [5.41, 5.74) is 1.45. The molecule has 0 spiro atoms. The minimum atomic E-state index is -0.169. The van der Waals surface area contributed by atoms with Crippen LogP contribution in [0.4, 0.5) is 0 Å². The van der Waals surface area contributed by atoms with Gasteiger partial charge in [-0.1, -0.05) is 23.7 Å². The van der Waals surface area contributed by atoms with E-state index in [0.717, 1.165) is 29.2 Å². The molecule has 0 aliphatic heterocycles. The van der Waals surface area contributed by atoms with Gasteiger partial charge in [0.05, 0.1) is 6.10 Å². The topological polar surface area (TPSA) is 20.2 Å². The molecule has 1 unspecified atom stereocenters. The molecule has 4 fully saturated rings. The van der Waals surface area contributed by atoms with Gasteiger partial charge in [0.2, 0.25) is 0 Å². The Morgan fingerprint density at radius 1 is 1.00 bits per heavy atom. The maximum Gasteiger partial charge on any atom is 0.0637 e. The summed E-state index contributed by atoms with van der Waals surface area (Å²) in [7, 11) is 0. The van der Waals surface area contributed by atoms with Crippen LogP contribution >= 0.6 is 11.6 Å². The van der Waals surface area contributed by atoms with Crippen LogP contribution in [0.1, 0.15) is 44.1 Å². The summed E-state index contributed by atoms with van der Waals surface area (Å²) >= 11 is 5.94. The molecule has 4 aliphatic carbocycles. The van der Waals surface area contributed by atoms with Gasteiger partial charge in [-0.05, 0) is 85.8 Å². The Hall–Kier alpha value is -0.530. The van der Waals surface area contributed by atoms with Gasteiger partial charge in [-0.2, -0.15) is 0 Å². The van der Waals surface area contributed by atoms with Crippen LogP contribution in [-0.4, -0.2) is 11.2 Å². The molecule has 4 saturated carbocycles. The van der Waals surface area contributed by atoms with Gasteiger partial charge in [-0.3, -0.25) is 0 Å². The first-order valence-corrected chi connectivity index (χ1v) is 8.43. The molecule has 1 aromatic carbocycles. The molecule has 0 heterocycles. The molecule has 0 radical (unpaired) electrons. The lowest BCUT2D eigenvalue weighted by Crippen LogP contribution is -2.52. The maximum absolute atomic E-state index is 10.9. The monoisotopic (exact) mass is 290 g/mol. The maximum atomic E-state index is 10.9. The number of aliphatic hydroxyl groups is 1. The minimum Gasteiger partial charge on any atom is -0.392 e. The van der Waals surface area contributed by atoms with Crippen LogP contribution in [0.5, 0.6) is 0 Å². The molecule has 108 valence electrons. The number of benzene rings is 1. The summed E-state index contributed by atoms with van der Waals surface area (Å²) in [6.45, 7) is 0. The molecule has 2 heteroatoms. The molecule has 4 bridgehead atoms. The first kappa shape index (κ1) is 13.2. The highest BCUT2D eigenvalue weighted by Gasteiger charge is 2.53. The first-order valence-electron chi connectivity index (χ1n) is 8.05. The minimum absolute atomic E-state index is 0.169. The van der Waals surface area contributed by atoms with Crippen LogP contribution in [-0.2, 0) is 6.42 Å². The van der Waals surface area contributed by atoms with Crippen molar-refractivity contribution in [1.29, 1.82) is 0 Å². The van der Waals surface area contributed by atoms with Crippen molar-refractivity contribution >= 4 is 11.6 Å². The van der Waals surface area contributed by atoms with Crippen LogP contribution in [0.3, 0.4) is 0 Å². The quantitative estimate of drug-likeness (QED) is 0.871. The van der Waals surface area contributed by atoms with E-state index in [0.29, 0.717) is 0 Å². The number of halogens is 1. The lowest BCUT2D eigenvalue weighted by Gasteiger charge is -2.58. The predicted molar refractivity (Wildman–Crippen MR) is 81.8 cm³/mol. The second-order valence-corrected chi connectivity index (χ2v) is 8.06. The van der Waals surface area contributed by atoms with Crippen LogP contribution in [0, 0.1) is 23.2 Å².